The fourth-order valence-corrected chi connectivity index (χ4v) is 3.78. The predicted molar refractivity (Wildman–Crippen MR) is 82.2 cm³/mol. The molecule has 1 saturated heterocycles. The molecule has 2 aliphatic rings. The molecule has 2 aromatic heterocycles. The molecule has 0 unspecified atom stereocenters. The number of aliphatic hydroxyl groups is 1. The Balaban J connectivity index is 1.47. The first-order valence-corrected chi connectivity index (χ1v) is 8.26. The third kappa shape index (κ3) is 2.85. The second-order valence-electron chi connectivity index (χ2n) is 7.01. The topological polar surface area (TPSA) is 66.5 Å². The highest BCUT2D eigenvalue weighted by Crippen LogP contribution is 2.44. The van der Waals surface area contributed by atoms with E-state index in [1.807, 2.05) is 12.3 Å². The van der Waals surface area contributed by atoms with E-state index >= 15 is 0 Å². The Labute approximate surface area is 130 Å². The molecular weight excluding hydrogens is 278 g/mol. The maximum absolute atomic E-state index is 9.94. The van der Waals surface area contributed by atoms with Crippen LogP contribution in [0.15, 0.2) is 18.5 Å². The summed E-state index contributed by atoms with van der Waals surface area (Å²) in [5.74, 6) is 2.32. The molecule has 118 valence electrons. The van der Waals surface area contributed by atoms with Crippen LogP contribution in [0.3, 0.4) is 0 Å². The molecule has 0 amide bonds. The van der Waals surface area contributed by atoms with Gasteiger partial charge in [0.05, 0.1) is 6.54 Å². The lowest BCUT2D eigenvalue weighted by atomic mass is 9.76. The smallest absolute Gasteiger partial charge is 0.252 e. The van der Waals surface area contributed by atoms with Crippen LogP contribution in [0.2, 0.25) is 0 Å². The number of hydrogen-bond donors (Lipinski definition) is 1. The standard InChI is InChI=1S/C16H23N5O/c22-12-16(9-13-3-4-13)5-1-7-20(11-16)10-14-18-15-17-6-2-8-21(15)19-14/h2,6,8,13,22H,1,3-5,7,9-12H2/t16-/m0/s1. The summed E-state index contributed by atoms with van der Waals surface area (Å²) in [5, 5.41) is 14.4. The summed E-state index contributed by atoms with van der Waals surface area (Å²) in [7, 11) is 0. The summed E-state index contributed by atoms with van der Waals surface area (Å²) in [6, 6.07) is 1.86. The highest BCUT2D eigenvalue weighted by Gasteiger charge is 2.39. The molecule has 1 saturated carbocycles. The number of aliphatic hydroxyl groups excluding tert-OH is 1. The molecule has 4 rings (SSSR count). The summed E-state index contributed by atoms with van der Waals surface area (Å²) in [6.07, 6.45) is 9.79. The largest absolute Gasteiger partial charge is 0.396 e. The maximum atomic E-state index is 9.94. The quantitative estimate of drug-likeness (QED) is 0.906. The Hall–Kier alpha value is -1.53. The molecular formula is C16H23N5O. The van der Waals surface area contributed by atoms with Crippen LogP contribution >= 0.6 is 0 Å². The number of nitrogens with zero attached hydrogens (tertiary/aromatic N) is 5. The van der Waals surface area contributed by atoms with Crippen molar-refractivity contribution in [3.05, 3.63) is 24.3 Å². The van der Waals surface area contributed by atoms with Gasteiger partial charge < -0.3 is 5.11 Å². The van der Waals surface area contributed by atoms with Gasteiger partial charge in [-0.15, -0.1) is 5.10 Å². The Morgan fingerprint density at radius 2 is 2.27 bits per heavy atom. The molecule has 1 aliphatic carbocycles. The fraction of sp³-hybridized carbons (Fsp3) is 0.688. The van der Waals surface area contributed by atoms with Crippen molar-refractivity contribution in [2.75, 3.05) is 19.7 Å². The highest BCUT2D eigenvalue weighted by atomic mass is 16.3. The Kier molecular flexibility index (Phi) is 3.58. The zero-order valence-corrected chi connectivity index (χ0v) is 12.9. The van der Waals surface area contributed by atoms with Gasteiger partial charge in [-0.2, -0.15) is 4.98 Å². The lowest BCUT2D eigenvalue weighted by Gasteiger charge is -2.41. The number of hydrogen-bond acceptors (Lipinski definition) is 5. The van der Waals surface area contributed by atoms with Crippen LogP contribution in [0.1, 0.15) is 37.9 Å². The van der Waals surface area contributed by atoms with Gasteiger partial charge in [0.25, 0.3) is 5.78 Å². The first-order valence-electron chi connectivity index (χ1n) is 8.26. The van der Waals surface area contributed by atoms with Crippen molar-refractivity contribution in [2.24, 2.45) is 11.3 Å². The van der Waals surface area contributed by atoms with Crippen LogP contribution in [0.5, 0.6) is 0 Å². The zero-order valence-electron chi connectivity index (χ0n) is 12.9. The number of fused-ring (bicyclic) bond motifs is 1. The molecule has 0 radical (unpaired) electrons. The van der Waals surface area contributed by atoms with Crippen LogP contribution < -0.4 is 0 Å². The van der Waals surface area contributed by atoms with Gasteiger partial charge in [0.15, 0.2) is 5.82 Å². The van der Waals surface area contributed by atoms with Crippen molar-refractivity contribution in [3.63, 3.8) is 0 Å². The van der Waals surface area contributed by atoms with E-state index in [9.17, 15) is 5.11 Å². The first-order chi connectivity index (χ1) is 10.8. The van der Waals surface area contributed by atoms with E-state index in [1.54, 1.807) is 10.7 Å². The summed E-state index contributed by atoms with van der Waals surface area (Å²) < 4.78 is 1.72. The minimum Gasteiger partial charge on any atom is -0.396 e. The molecule has 1 aliphatic heterocycles. The van der Waals surface area contributed by atoms with E-state index in [0.29, 0.717) is 12.4 Å². The van der Waals surface area contributed by atoms with Gasteiger partial charge in [0.1, 0.15) is 0 Å². The van der Waals surface area contributed by atoms with Gasteiger partial charge in [-0.3, -0.25) is 4.90 Å². The molecule has 2 aromatic rings. The fourth-order valence-electron chi connectivity index (χ4n) is 3.78. The summed E-state index contributed by atoms with van der Waals surface area (Å²) in [4.78, 5) is 11.1. The van der Waals surface area contributed by atoms with Crippen LogP contribution in [-0.4, -0.2) is 49.3 Å². The van der Waals surface area contributed by atoms with Crippen molar-refractivity contribution in [2.45, 2.75) is 38.6 Å². The van der Waals surface area contributed by atoms with Crippen LogP contribution in [-0.2, 0) is 6.54 Å². The van der Waals surface area contributed by atoms with Gasteiger partial charge in [-0.05, 0) is 37.8 Å². The summed E-state index contributed by atoms with van der Waals surface area (Å²) in [5.41, 5.74) is 0.0941. The van der Waals surface area contributed by atoms with Crippen LogP contribution in [0.4, 0.5) is 0 Å². The number of likely N-dealkylation sites (tertiary alicyclic amines) is 1. The average molecular weight is 301 g/mol. The van der Waals surface area contributed by atoms with Crippen molar-refractivity contribution in [1.82, 2.24) is 24.5 Å². The van der Waals surface area contributed by atoms with Crippen LogP contribution in [0.25, 0.3) is 5.78 Å². The molecule has 22 heavy (non-hydrogen) atoms. The predicted octanol–water partition coefficient (Wildman–Crippen LogP) is 1.50. The van der Waals surface area contributed by atoms with E-state index in [2.05, 4.69) is 20.0 Å². The van der Waals surface area contributed by atoms with E-state index in [0.717, 1.165) is 44.2 Å². The maximum Gasteiger partial charge on any atom is 0.252 e. The number of aromatic nitrogens is 4. The third-order valence-corrected chi connectivity index (χ3v) is 5.02. The van der Waals surface area contributed by atoms with Gasteiger partial charge in [0, 0.05) is 31.0 Å². The normalized spacial score (nSPS) is 26.6. The minimum atomic E-state index is 0.0941. The Morgan fingerprint density at radius 1 is 1.36 bits per heavy atom. The molecule has 1 atom stereocenters. The number of piperidine rings is 1. The third-order valence-electron chi connectivity index (χ3n) is 5.02. The van der Waals surface area contributed by atoms with Crippen molar-refractivity contribution in [3.8, 4) is 0 Å². The van der Waals surface area contributed by atoms with Gasteiger partial charge in [0.2, 0.25) is 0 Å². The SMILES string of the molecule is OC[C@]1(CC2CC2)CCCN(Cc2nc3ncccn3n2)C1. The lowest BCUT2D eigenvalue weighted by Crippen LogP contribution is -2.45. The van der Waals surface area contributed by atoms with E-state index in [4.69, 9.17) is 0 Å². The molecule has 2 fully saturated rings. The molecule has 3 heterocycles. The lowest BCUT2D eigenvalue weighted by molar-refractivity contribution is 0.0171. The van der Waals surface area contributed by atoms with Gasteiger partial charge in [-0.25, -0.2) is 9.50 Å². The number of rotatable bonds is 5. The Bertz CT molecular complexity index is 620. The second kappa shape index (κ2) is 5.59. The molecule has 0 aromatic carbocycles. The first kappa shape index (κ1) is 14.1. The minimum absolute atomic E-state index is 0.0941. The zero-order chi connectivity index (χ0) is 15.0. The van der Waals surface area contributed by atoms with Gasteiger partial charge >= 0.3 is 0 Å². The molecule has 6 nitrogen and oxygen atoms in total. The van der Waals surface area contributed by atoms with Crippen LogP contribution in [0, 0.1) is 11.3 Å². The van der Waals surface area contributed by atoms with Crippen molar-refractivity contribution in [1.29, 1.82) is 0 Å². The monoisotopic (exact) mass is 301 g/mol. The van der Waals surface area contributed by atoms with Crippen molar-refractivity contribution < 1.29 is 5.11 Å². The van der Waals surface area contributed by atoms with E-state index in [-0.39, 0.29) is 5.41 Å². The molecule has 0 spiro atoms. The molecule has 0 bridgehead atoms. The van der Waals surface area contributed by atoms with E-state index < -0.39 is 0 Å². The summed E-state index contributed by atoms with van der Waals surface area (Å²) in [6.45, 7) is 3.08. The molecule has 6 heteroatoms. The second-order valence-corrected chi connectivity index (χ2v) is 7.01. The van der Waals surface area contributed by atoms with Gasteiger partial charge in [-0.1, -0.05) is 12.8 Å². The van der Waals surface area contributed by atoms with Crippen molar-refractivity contribution >= 4 is 5.78 Å². The molecule has 1 N–H and O–H groups in total. The average Bonchev–Trinajstić information content (AvgIpc) is 3.24. The summed E-state index contributed by atoms with van der Waals surface area (Å²) >= 11 is 0. The highest BCUT2D eigenvalue weighted by molar-refractivity contribution is 5.24. The van der Waals surface area contributed by atoms with E-state index in [1.165, 1.54) is 19.3 Å². The Morgan fingerprint density at radius 3 is 3.05 bits per heavy atom.